The Morgan fingerprint density at radius 2 is 2.12 bits per heavy atom. The van der Waals surface area contributed by atoms with E-state index in [-0.39, 0.29) is 5.75 Å². The third-order valence-electron chi connectivity index (χ3n) is 3.21. The van der Waals surface area contributed by atoms with Crippen LogP contribution in [0.15, 0.2) is 12.2 Å². The van der Waals surface area contributed by atoms with Gasteiger partial charge in [0, 0.05) is 23.3 Å². The van der Waals surface area contributed by atoms with Crippen LogP contribution in [-0.4, -0.2) is 38.2 Å². The topological polar surface area (TPSA) is 37.4 Å². The maximum atomic E-state index is 10.7. The Hall–Kier alpha value is -0.0600. The molecular weight excluding hydrogens is 258 g/mol. The lowest BCUT2D eigenvalue weighted by Gasteiger charge is -2.35. The molecule has 0 radical (unpaired) electrons. The number of hydrogen-bond acceptors (Lipinski definition) is 3. The zero-order chi connectivity index (χ0) is 12.9. The van der Waals surface area contributed by atoms with Crippen LogP contribution >= 0.6 is 10.7 Å². The molecule has 0 spiro atoms. The van der Waals surface area contributed by atoms with Crippen LogP contribution in [0.25, 0.3) is 0 Å². The van der Waals surface area contributed by atoms with E-state index in [2.05, 4.69) is 18.7 Å². The normalized spacial score (nSPS) is 23.6. The Kier molecular flexibility index (Phi) is 5.97. The van der Waals surface area contributed by atoms with Crippen molar-refractivity contribution < 1.29 is 8.42 Å². The maximum Gasteiger partial charge on any atom is 0.236 e. The number of halogens is 1. The van der Waals surface area contributed by atoms with E-state index in [1.807, 2.05) is 6.08 Å². The molecule has 0 aromatic heterocycles. The van der Waals surface area contributed by atoms with E-state index < -0.39 is 9.05 Å². The zero-order valence-corrected chi connectivity index (χ0v) is 12.2. The molecule has 17 heavy (non-hydrogen) atoms. The molecule has 0 N–H and O–H groups in total. The van der Waals surface area contributed by atoms with E-state index >= 15 is 0 Å². The van der Waals surface area contributed by atoms with E-state index in [0.717, 1.165) is 13.0 Å². The molecule has 3 nitrogen and oxygen atoms in total. The first-order valence-corrected chi connectivity index (χ1v) is 8.67. The molecule has 0 aromatic carbocycles. The van der Waals surface area contributed by atoms with Crippen molar-refractivity contribution in [1.29, 1.82) is 0 Å². The third-order valence-corrected chi connectivity index (χ3v) is 4.18. The van der Waals surface area contributed by atoms with Gasteiger partial charge in [-0.3, -0.25) is 0 Å². The lowest BCUT2D eigenvalue weighted by molar-refractivity contribution is 0.141. The highest BCUT2D eigenvalue weighted by molar-refractivity contribution is 8.13. The van der Waals surface area contributed by atoms with Crippen LogP contribution in [0.5, 0.6) is 0 Å². The molecule has 0 saturated carbocycles. The lowest BCUT2D eigenvalue weighted by atomic mass is 9.94. The minimum absolute atomic E-state index is 0.0603. The van der Waals surface area contributed by atoms with Crippen molar-refractivity contribution in [3.05, 3.63) is 12.2 Å². The second-order valence-electron chi connectivity index (χ2n) is 5.01. The summed E-state index contributed by atoms with van der Waals surface area (Å²) in [6.45, 7) is 6.75. The van der Waals surface area contributed by atoms with Gasteiger partial charge < -0.3 is 4.90 Å². The van der Waals surface area contributed by atoms with Crippen molar-refractivity contribution in [2.45, 2.75) is 39.2 Å². The zero-order valence-electron chi connectivity index (χ0n) is 10.6. The fraction of sp³-hybridized carbons (Fsp3) is 0.833. The molecule has 1 atom stereocenters. The number of nitrogens with zero attached hydrogens (tertiary/aromatic N) is 1. The highest BCUT2D eigenvalue weighted by Gasteiger charge is 2.20. The fourth-order valence-corrected chi connectivity index (χ4v) is 2.81. The van der Waals surface area contributed by atoms with Crippen LogP contribution in [0.3, 0.4) is 0 Å². The third kappa shape index (κ3) is 6.43. The van der Waals surface area contributed by atoms with Gasteiger partial charge in [-0.2, -0.15) is 0 Å². The van der Waals surface area contributed by atoms with Crippen LogP contribution in [-0.2, 0) is 9.05 Å². The molecule has 1 heterocycles. The van der Waals surface area contributed by atoms with Crippen molar-refractivity contribution in [3.8, 4) is 0 Å². The highest BCUT2D eigenvalue weighted by atomic mass is 35.7. The monoisotopic (exact) mass is 279 g/mol. The Morgan fingerprint density at radius 3 is 2.71 bits per heavy atom. The number of likely N-dealkylation sites (tertiary alicyclic amines) is 1. The highest BCUT2D eigenvalue weighted by Crippen LogP contribution is 2.21. The van der Waals surface area contributed by atoms with Crippen molar-refractivity contribution in [2.75, 3.05) is 18.8 Å². The van der Waals surface area contributed by atoms with Gasteiger partial charge >= 0.3 is 0 Å². The molecule has 5 heteroatoms. The maximum absolute atomic E-state index is 10.7. The summed E-state index contributed by atoms with van der Waals surface area (Å²) in [5, 5.41) is 0. The molecule has 1 fully saturated rings. The van der Waals surface area contributed by atoms with E-state index in [1.165, 1.54) is 19.4 Å². The smallest absolute Gasteiger partial charge is 0.236 e. The van der Waals surface area contributed by atoms with Gasteiger partial charge in [-0.05, 0) is 45.6 Å². The van der Waals surface area contributed by atoms with Gasteiger partial charge in [-0.15, -0.1) is 0 Å². The first-order valence-electron chi connectivity index (χ1n) is 6.20. The van der Waals surface area contributed by atoms with Crippen molar-refractivity contribution in [1.82, 2.24) is 4.90 Å². The summed E-state index contributed by atoms with van der Waals surface area (Å²) in [5.74, 6) is 0.593. The fourth-order valence-electron chi connectivity index (χ4n) is 2.23. The molecule has 0 amide bonds. The number of rotatable bonds is 5. The van der Waals surface area contributed by atoms with Gasteiger partial charge in [0.05, 0.1) is 5.75 Å². The Labute approximate surface area is 109 Å². The summed E-state index contributed by atoms with van der Waals surface area (Å²) < 4.78 is 21.5. The number of allylic oxidation sites excluding steroid dienone is 1. The predicted molar refractivity (Wildman–Crippen MR) is 72.8 cm³/mol. The van der Waals surface area contributed by atoms with Crippen LogP contribution < -0.4 is 0 Å². The van der Waals surface area contributed by atoms with Crippen molar-refractivity contribution in [3.63, 3.8) is 0 Å². The van der Waals surface area contributed by atoms with Crippen molar-refractivity contribution >= 4 is 19.7 Å². The standard InChI is InChI=1S/C12H22ClNO2S/c1-11(2)14-8-5-7-12(10-14)6-3-4-9-17(13,15)16/h3-4,11-12H,5-10H2,1-2H3/b4-3-. The summed E-state index contributed by atoms with van der Waals surface area (Å²) in [6.07, 6.45) is 7.05. The molecule has 0 bridgehead atoms. The quantitative estimate of drug-likeness (QED) is 0.573. The summed E-state index contributed by atoms with van der Waals surface area (Å²) >= 11 is 0. The Bertz CT molecular complexity index is 352. The van der Waals surface area contributed by atoms with Crippen LogP contribution in [0.2, 0.25) is 0 Å². The molecule has 0 aliphatic carbocycles. The van der Waals surface area contributed by atoms with Gasteiger partial charge in [0.1, 0.15) is 0 Å². The van der Waals surface area contributed by atoms with Gasteiger partial charge in [0.25, 0.3) is 0 Å². The molecular formula is C12H22ClNO2S. The second kappa shape index (κ2) is 6.76. The summed E-state index contributed by atoms with van der Waals surface area (Å²) in [6, 6.07) is 0.602. The molecule has 0 aromatic rings. The SMILES string of the molecule is CC(C)N1CCCC(C/C=C\CS(=O)(=O)Cl)C1. The lowest BCUT2D eigenvalue weighted by Crippen LogP contribution is -2.39. The van der Waals surface area contributed by atoms with E-state index in [0.29, 0.717) is 12.0 Å². The molecule has 1 aliphatic rings. The van der Waals surface area contributed by atoms with E-state index in [1.54, 1.807) is 6.08 Å². The minimum Gasteiger partial charge on any atom is -0.301 e. The predicted octanol–water partition coefficient (Wildman–Crippen LogP) is 2.62. The minimum atomic E-state index is -3.38. The summed E-state index contributed by atoms with van der Waals surface area (Å²) in [5.41, 5.74) is 0. The van der Waals surface area contributed by atoms with Crippen LogP contribution in [0, 0.1) is 5.92 Å². The molecule has 1 rings (SSSR count). The molecule has 1 aliphatic heterocycles. The summed E-state index contributed by atoms with van der Waals surface area (Å²) in [7, 11) is 1.76. The van der Waals surface area contributed by atoms with Gasteiger partial charge in [-0.1, -0.05) is 12.2 Å². The Morgan fingerprint density at radius 1 is 1.41 bits per heavy atom. The molecule has 100 valence electrons. The first kappa shape index (κ1) is 15.0. The van der Waals surface area contributed by atoms with Gasteiger partial charge in [-0.25, -0.2) is 8.42 Å². The van der Waals surface area contributed by atoms with E-state index in [9.17, 15) is 8.42 Å². The van der Waals surface area contributed by atoms with E-state index in [4.69, 9.17) is 10.7 Å². The number of hydrogen-bond donors (Lipinski definition) is 0. The van der Waals surface area contributed by atoms with Crippen LogP contribution in [0.1, 0.15) is 33.1 Å². The average Bonchev–Trinajstić information content (AvgIpc) is 2.23. The summed E-state index contributed by atoms with van der Waals surface area (Å²) in [4.78, 5) is 2.49. The first-order chi connectivity index (χ1) is 7.88. The Balaban J connectivity index is 2.32. The van der Waals surface area contributed by atoms with Crippen LogP contribution in [0.4, 0.5) is 0 Å². The van der Waals surface area contributed by atoms with Gasteiger partial charge in [0.2, 0.25) is 9.05 Å². The number of piperidine rings is 1. The second-order valence-corrected chi connectivity index (χ2v) is 7.83. The molecule has 1 saturated heterocycles. The van der Waals surface area contributed by atoms with Crippen molar-refractivity contribution in [2.24, 2.45) is 5.92 Å². The van der Waals surface area contributed by atoms with Gasteiger partial charge in [0.15, 0.2) is 0 Å². The largest absolute Gasteiger partial charge is 0.301 e. The average molecular weight is 280 g/mol. The molecule has 1 unspecified atom stereocenters.